The summed E-state index contributed by atoms with van der Waals surface area (Å²) in [5, 5.41) is 3.49. The quantitative estimate of drug-likeness (QED) is 0.818. The van der Waals surface area contributed by atoms with Gasteiger partial charge < -0.3 is 19.9 Å². The number of halogens is 1. The molecule has 0 aromatic heterocycles. The fraction of sp³-hybridized carbons (Fsp3) is 0.381. The van der Waals surface area contributed by atoms with Crippen LogP contribution >= 0.6 is 11.6 Å². The molecular weight excluding hydrogens is 362 g/mol. The van der Waals surface area contributed by atoms with Crippen LogP contribution in [0.25, 0.3) is 0 Å². The molecule has 1 saturated heterocycles. The zero-order chi connectivity index (χ0) is 19.2. The maximum Gasteiger partial charge on any atom is 0.262 e. The second-order valence-corrected chi connectivity index (χ2v) is 7.15. The lowest BCUT2D eigenvalue weighted by molar-refractivity contribution is -0.118. The number of amides is 1. The lowest BCUT2D eigenvalue weighted by Gasteiger charge is -2.36. The van der Waals surface area contributed by atoms with Gasteiger partial charge in [0.05, 0.1) is 10.7 Å². The van der Waals surface area contributed by atoms with E-state index in [4.69, 9.17) is 16.3 Å². The van der Waals surface area contributed by atoms with Crippen LogP contribution < -0.4 is 15.0 Å². The van der Waals surface area contributed by atoms with Crippen LogP contribution in [0.4, 0.5) is 11.4 Å². The van der Waals surface area contributed by atoms with E-state index in [1.165, 1.54) is 0 Å². The summed E-state index contributed by atoms with van der Waals surface area (Å²) in [6, 6.07) is 13.3. The van der Waals surface area contributed by atoms with Gasteiger partial charge in [0.2, 0.25) is 0 Å². The molecule has 3 rings (SSSR count). The Morgan fingerprint density at radius 1 is 1.15 bits per heavy atom. The van der Waals surface area contributed by atoms with Crippen LogP contribution in [-0.2, 0) is 4.79 Å². The molecule has 2 aromatic carbocycles. The predicted octanol–water partition coefficient (Wildman–Crippen LogP) is 3.81. The van der Waals surface area contributed by atoms with Gasteiger partial charge in [-0.15, -0.1) is 0 Å². The molecule has 1 fully saturated rings. The Morgan fingerprint density at radius 2 is 1.93 bits per heavy atom. The summed E-state index contributed by atoms with van der Waals surface area (Å²) >= 11 is 6.47. The minimum atomic E-state index is -0.211. The molecule has 0 radical (unpaired) electrons. The van der Waals surface area contributed by atoms with E-state index in [1.807, 2.05) is 43.3 Å². The molecule has 2 aromatic rings. The highest BCUT2D eigenvalue weighted by Crippen LogP contribution is 2.29. The number of likely N-dealkylation sites (N-methyl/N-ethyl adjacent to an activating group) is 1. The average Bonchev–Trinajstić information content (AvgIpc) is 2.67. The van der Waals surface area contributed by atoms with E-state index in [0.717, 1.165) is 44.0 Å². The van der Waals surface area contributed by atoms with Crippen molar-refractivity contribution in [1.82, 2.24) is 4.90 Å². The third-order valence-electron chi connectivity index (χ3n) is 4.75. The van der Waals surface area contributed by atoms with Crippen molar-refractivity contribution in [2.75, 3.05) is 49.5 Å². The molecule has 1 aliphatic heterocycles. The normalized spacial score (nSPS) is 14.9. The van der Waals surface area contributed by atoms with Gasteiger partial charge in [0.15, 0.2) is 6.61 Å². The maximum absolute atomic E-state index is 12.1. The average molecular weight is 388 g/mol. The number of hydrogen-bond acceptors (Lipinski definition) is 4. The Morgan fingerprint density at radius 3 is 2.59 bits per heavy atom. The highest BCUT2D eigenvalue weighted by molar-refractivity contribution is 6.33. The van der Waals surface area contributed by atoms with E-state index in [1.54, 1.807) is 6.07 Å². The Bertz CT molecular complexity index is 789. The molecule has 6 heteroatoms. The number of aryl methyl sites for hydroxylation is 1. The van der Waals surface area contributed by atoms with Crippen molar-refractivity contribution < 1.29 is 9.53 Å². The van der Waals surface area contributed by atoms with Gasteiger partial charge in [-0.05, 0) is 49.4 Å². The van der Waals surface area contributed by atoms with Crippen LogP contribution in [0.5, 0.6) is 5.75 Å². The summed E-state index contributed by atoms with van der Waals surface area (Å²) in [5.74, 6) is 0.474. The predicted molar refractivity (Wildman–Crippen MR) is 111 cm³/mol. The number of carbonyl (C=O) groups is 1. The standard InChI is InChI=1S/C21H26ClN3O2/c1-3-24-9-11-25(12-10-24)20-8-7-17(14-19(20)22)23-21(26)15-27-18-6-4-5-16(2)13-18/h4-8,13-14H,3,9-12,15H2,1-2H3,(H,23,26). The summed E-state index contributed by atoms with van der Waals surface area (Å²) in [7, 11) is 0. The number of nitrogens with one attached hydrogen (secondary N) is 1. The van der Waals surface area contributed by atoms with Gasteiger partial charge >= 0.3 is 0 Å². The lowest BCUT2D eigenvalue weighted by Crippen LogP contribution is -2.46. The van der Waals surface area contributed by atoms with Crippen molar-refractivity contribution in [3.05, 3.63) is 53.1 Å². The van der Waals surface area contributed by atoms with Crippen molar-refractivity contribution in [3.8, 4) is 5.75 Å². The van der Waals surface area contributed by atoms with E-state index >= 15 is 0 Å². The Labute approximate surface area is 165 Å². The van der Waals surface area contributed by atoms with E-state index in [0.29, 0.717) is 16.5 Å². The van der Waals surface area contributed by atoms with E-state index in [9.17, 15) is 4.79 Å². The molecule has 0 bridgehead atoms. The number of piperazine rings is 1. The second kappa shape index (κ2) is 9.11. The first-order valence-corrected chi connectivity index (χ1v) is 9.69. The van der Waals surface area contributed by atoms with Crippen molar-refractivity contribution in [2.45, 2.75) is 13.8 Å². The molecule has 5 nitrogen and oxygen atoms in total. The van der Waals surface area contributed by atoms with Crippen molar-refractivity contribution in [1.29, 1.82) is 0 Å². The molecule has 0 saturated carbocycles. The lowest BCUT2D eigenvalue weighted by atomic mass is 10.2. The molecule has 1 heterocycles. The van der Waals surface area contributed by atoms with Crippen LogP contribution in [0.1, 0.15) is 12.5 Å². The number of rotatable bonds is 6. The third kappa shape index (κ3) is 5.37. The summed E-state index contributed by atoms with van der Waals surface area (Å²) in [6.45, 7) is 9.22. The van der Waals surface area contributed by atoms with Crippen LogP contribution in [-0.4, -0.2) is 50.1 Å². The van der Waals surface area contributed by atoms with Crippen LogP contribution in [0.2, 0.25) is 5.02 Å². The maximum atomic E-state index is 12.1. The fourth-order valence-electron chi connectivity index (χ4n) is 3.20. The Hall–Kier alpha value is -2.24. The highest BCUT2D eigenvalue weighted by atomic mass is 35.5. The molecule has 1 amide bonds. The van der Waals surface area contributed by atoms with Crippen LogP contribution in [0.15, 0.2) is 42.5 Å². The number of anilines is 2. The largest absolute Gasteiger partial charge is 0.484 e. The molecule has 144 valence electrons. The second-order valence-electron chi connectivity index (χ2n) is 6.74. The summed E-state index contributed by atoms with van der Waals surface area (Å²) < 4.78 is 5.53. The van der Waals surface area contributed by atoms with Gasteiger partial charge in [0.1, 0.15) is 5.75 Å². The molecule has 0 atom stereocenters. The topological polar surface area (TPSA) is 44.8 Å². The van der Waals surface area contributed by atoms with Crippen LogP contribution in [0.3, 0.4) is 0 Å². The first-order valence-electron chi connectivity index (χ1n) is 9.31. The highest BCUT2D eigenvalue weighted by Gasteiger charge is 2.18. The van der Waals surface area contributed by atoms with E-state index in [2.05, 4.69) is 22.0 Å². The zero-order valence-corrected chi connectivity index (χ0v) is 16.6. The van der Waals surface area contributed by atoms with E-state index in [-0.39, 0.29) is 12.5 Å². The number of benzene rings is 2. The SMILES string of the molecule is CCN1CCN(c2ccc(NC(=O)COc3cccc(C)c3)cc2Cl)CC1. The molecule has 0 aliphatic carbocycles. The molecular formula is C21H26ClN3O2. The Balaban J connectivity index is 1.55. The zero-order valence-electron chi connectivity index (χ0n) is 15.9. The van der Waals surface area contributed by atoms with Gasteiger partial charge in [-0.2, -0.15) is 0 Å². The summed E-state index contributed by atoms with van der Waals surface area (Å²) in [4.78, 5) is 16.9. The molecule has 1 N–H and O–H groups in total. The number of ether oxygens (including phenoxy) is 1. The smallest absolute Gasteiger partial charge is 0.262 e. The first kappa shape index (κ1) is 19.5. The van der Waals surface area contributed by atoms with Gasteiger partial charge in [-0.3, -0.25) is 4.79 Å². The Kier molecular flexibility index (Phi) is 6.58. The van der Waals surface area contributed by atoms with Crippen molar-refractivity contribution >= 4 is 28.9 Å². The van der Waals surface area contributed by atoms with E-state index < -0.39 is 0 Å². The minimum Gasteiger partial charge on any atom is -0.484 e. The number of carbonyl (C=O) groups excluding carboxylic acids is 1. The number of nitrogens with zero attached hydrogens (tertiary/aromatic N) is 2. The fourth-order valence-corrected chi connectivity index (χ4v) is 3.50. The van der Waals surface area contributed by atoms with Gasteiger partial charge in [0, 0.05) is 31.9 Å². The third-order valence-corrected chi connectivity index (χ3v) is 5.05. The van der Waals surface area contributed by atoms with Crippen LogP contribution in [0, 0.1) is 6.92 Å². The monoisotopic (exact) mass is 387 g/mol. The minimum absolute atomic E-state index is 0.0399. The molecule has 0 spiro atoms. The first-order chi connectivity index (χ1) is 13.0. The van der Waals surface area contributed by atoms with Crippen molar-refractivity contribution in [3.63, 3.8) is 0 Å². The van der Waals surface area contributed by atoms with Gasteiger partial charge in [-0.25, -0.2) is 0 Å². The molecule has 1 aliphatic rings. The summed E-state index contributed by atoms with van der Waals surface area (Å²) in [5.41, 5.74) is 2.78. The summed E-state index contributed by atoms with van der Waals surface area (Å²) in [6.07, 6.45) is 0. The molecule has 27 heavy (non-hydrogen) atoms. The molecule has 0 unspecified atom stereocenters. The van der Waals surface area contributed by atoms with Gasteiger partial charge in [-0.1, -0.05) is 30.7 Å². The number of hydrogen-bond donors (Lipinski definition) is 1. The van der Waals surface area contributed by atoms with Gasteiger partial charge in [0.25, 0.3) is 5.91 Å². The van der Waals surface area contributed by atoms with Crippen molar-refractivity contribution in [2.24, 2.45) is 0 Å².